The summed E-state index contributed by atoms with van der Waals surface area (Å²) >= 11 is 0. The molecule has 0 aliphatic heterocycles. The van der Waals surface area contributed by atoms with Crippen molar-refractivity contribution in [3.8, 4) is 11.5 Å². The third-order valence-electron chi connectivity index (χ3n) is 3.51. The Morgan fingerprint density at radius 1 is 0.962 bits per heavy atom. The van der Waals surface area contributed by atoms with Crippen molar-refractivity contribution in [2.45, 2.75) is 25.2 Å². The van der Waals surface area contributed by atoms with Gasteiger partial charge in [0.15, 0.2) is 11.5 Å². The van der Waals surface area contributed by atoms with Gasteiger partial charge in [-0.1, -0.05) is 12.1 Å². The van der Waals surface area contributed by atoms with Gasteiger partial charge in [-0.3, -0.25) is 0 Å². The molecule has 0 aromatic heterocycles. The summed E-state index contributed by atoms with van der Waals surface area (Å²) in [5.74, 6) is 0.955. The van der Waals surface area contributed by atoms with E-state index in [1.807, 2.05) is 26.0 Å². The molecule has 26 heavy (non-hydrogen) atoms. The van der Waals surface area contributed by atoms with E-state index in [-0.39, 0.29) is 17.3 Å². The second-order valence-corrected chi connectivity index (χ2v) is 7.13. The second kappa shape index (κ2) is 10.3. The Labute approximate surface area is 161 Å². The lowest BCUT2D eigenvalue weighted by Gasteiger charge is -2.13. The van der Waals surface area contributed by atoms with E-state index in [1.165, 1.54) is 12.1 Å². The average Bonchev–Trinajstić information content (AvgIpc) is 2.58. The van der Waals surface area contributed by atoms with Crippen molar-refractivity contribution in [1.82, 2.24) is 4.72 Å². The Bertz CT molecular complexity index is 795. The van der Waals surface area contributed by atoms with E-state index in [9.17, 15) is 8.42 Å². The largest absolute Gasteiger partial charge is 0.490 e. The molecule has 2 aromatic rings. The van der Waals surface area contributed by atoms with Gasteiger partial charge in [-0.15, -0.1) is 12.4 Å². The fourth-order valence-electron chi connectivity index (χ4n) is 2.30. The molecule has 0 heterocycles. The first kappa shape index (κ1) is 22.1. The lowest BCUT2D eigenvalue weighted by molar-refractivity contribution is 0.287. The molecule has 0 amide bonds. The van der Waals surface area contributed by atoms with Crippen LogP contribution in [0.4, 0.5) is 5.69 Å². The quantitative estimate of drug-likeness (QED) is 0.631. The molecule has 0 bridgehead atoms. The minimum absolute atomic E-state index is 0. The molecule has 0 spiro atoms. The molecule has 0 fully saturated rings. The van der Waals surface area contributed by atoms with Gasteiger partial charge in [-0.25, -0.2) is 13.1 Å². The molecule has 0 aliphatic carbocycles. The van der Waals surface area contributed by atoms with Crippen molar-refractivity contribution in [2.75, 3.05) is 25.5 Å². The maximum atomic E-state index is 12.5. The van der Waals surface area contributed by atoms with Crippen LogP contribution in [0.5, 0.6) is 11.5 Å². The van der Waals surface area contributed by atoms with Gasteiger partial charge in [0.05, 0.1) is 18.1 Å². The van der Waals surface area contributed by atoms with Gasteiger partial charge in [-0.2, -0.15) is 0 Å². The zero-order valence-corrected chi connectivity index (χ0v) is 16.5. The molecular formula is C18H25ClN2O4S. The molecule has 144 valence electrons. The van der Waals surface area contributed by atoms with Crippen LogP contribution in [-0.4, -0.2) is 28.2 Å². The monoisotopic (exact) mass is 400 g/mol. The Balaban J connectivity index is 0.00000338. The predicted molar refractivity (Wildman–Crippen MR) is 106 cm³/mol. The van der Waals surface area contributed by atoms with Gasteiger partial charge in [0.1, 0.15) is 0 Å². The van der Waals surface area contributed by atoms with Gasteiger partial charge in [0, 0.05) is 18.3 Å². The molecule has 0 radical (unpaired) electrons. The third kappa shape index (κ3) is 6.09. The van der Waals surface area contributed by atoms with Crippen molar-refractivity contribution in [3.05, 3.63) is 48.0 Å². The van der Waals surface area contributed by atoms with Crippen molar-refractivity contribution in [3.63, 3.8) is 0 Å². The molecule has 6 nitrogen and oxygen atoms in total. The molecule has 0 saturated heterocycles. The van der Waals surface area contributed by atoms with Crippen LogP contribution in [0.25, 0.3) is 0 Å². The molecule has 0 saturated carbocycles. The first-order valence-corrected chi connectivity index (χ1v) is 9.68. The first-order chi connectivity index (χ1) is 12.0. The number of nitrogen functional groups attached to an aromatic ring is 1. The summed E-state index contributed by atoms with van der Waals surface area (Å²) in [7, 11) is -3.62. The van der Waals surface area contributed by atoms with Crippen molar-refractivity contribution in [1.29, 1.82) is 0 Å². The Hall–Kier alpha value is -1.96. The number of benzene rings is 2. The Morgan fingerprint density at radius 3 is 2.19 bits per heavy atom. The van der Waals surface area contributed by atoms with E-state index in [0.29, 0.717) is 43.4 Å². The van der Waals surface area contributed by atoms with E-state index < -0.39 is 10.0 Å². The van der Waals surface area contributed by atoms with Crippen LogP contribution in [0.2, 0.25) is 0 Å². The van der Waals surface area contributed by atoms with E-state index in [2.05, 4.69) is 4.72 Å². The zero-order chi connectivity index (χ0) is 18.3. The summed E-state index contributed by atoms with van der Waals surface area (Å²) < 4.78 is 38.5. The number of hydrogen-bond donors (Lipinski definition) is 2. The number of nitrogens with two attached hydrogens (primary N) is 1. The van der Waals surface area contributed by atoms with E-state index in [4.69, 9.17) is 15.2 Å². The zero-order valence-electron chi connectivity index (χ0n) is 14.9. The van der Waals surface area contributed by atoms with Crippen LogP contribution in [0.15, 0.2) is 47.4 Å². The number of sulfonamides is 1. The van der Waals surface area contributed by atoms with Gasteiger partial charge < -0.3 is 15.2 Å². The highest BCUT2D eigenvalue weighted by atomic mass is 35.5. The second-order valence-electron chi connectivity index (χ2n) is 5.36. The summed E-state index contributed by atoms with van der Waals surface area (Å²) in [5.41, 5.74) is 7.33. The molecular weight excluding hydrogens is 376 g/mol. The lowest BCUT2D eigenvalue weighted by Crippen LogP contribution is -2.26. The van der Waals surface area contributed by atoms with Gasteiger partial charge in [-0.05, 0) is 50.1 Å². The smallest absolute Gasteiger partial charge is 0.240 e. The number of hydrogen-bond acceptors (Lipinski definition) is 5. The van der Waals surface area contributed by atoms with Crippen LogP contribution in [-0.2, 0) is 16.4 Å². The maximum absolute atomic E-state index is 12.5. The SMILES string of the molecule is CCOc1ccc(S(=O)(=O)NCCc2ccc(N)cc2)cc1OCC.Cl. The fraction of sp³-hybridized carbons (Fsp3) is 0.333. The highest BCUT2D eigenvalue weighted by Gasteiger charge is 2.17. The number of rotatable bonds is 9. The van der Waals surface area contributed by atoms with Crippen LogP contribution < -0.4 is 19.9 Å². The summed E-state index contributed by atoms with van der Waals surface area (Å²) in [6.45, 7) is 4.89. The first-order valence-electron chi connectivity index (χ1n) is 8.20. The number of nitrogens with one attached hydrogen (secondary N) is 1. The summed E-state index contributed by atoms with van der Waals surface area (Å²) in [6, 6.07) is 12.0. The summed E-state index contributed by atoms with van der Waals surface area (Å²) in [6.07, 6.45) is 0.578. The Kier molecular flexibility index (Phi) is 8.71. The van der Waals surface area contributed by atoms with Crippen LogP contribution >= 0.6 is 12.4 Å². The predicted octanol–water partition coefficient (Wildman–Crippen LogP) is 3.01. The average molecular weight is 401 g/mol. The van der Waals surface area contributed by atoms with Gasteiger partial charge >= 0.3 is 0 Å². The molecule has 0 atom stereocenters. The van der Waals surface area contributed by atoms with Gasteiger partial charge in [0.2, 0.25) is 10.0 Å². The number of ether oxygens (including phenoxy) is 2. The van der Waals surface area contributed by atoms with Crippen molar-refractivity contribution >= 4 is 28.1 Å². The van der Waals surface area contributed by atoms with Crippen LogP contribution in [0.1, 0.15) is 19.4 Å². The molecule has 2 rings (SSSR count). The van der Waals surface area contributed by atoms with Crippen LogP contribution in [0, 0.1) is 0 Å². The van der Waals surface area contributed by atoms with E-state index in [1.54, 1.807) is 18.2 Å². The fourth-order valence-corrected chi connectivity index (χ4v) is 3.34. The van der Waals surface area contributed by atoms with E-state index in [0.717, 1.165) is 5.56 Å². The molecule has 0 unspecified atom stereocenters. The summed E-state index contributed by atoms with van der Waals surface area (Å²) in [5, 5.41) is 0. The Morgan fingerprint density at radius 2 is 1.58 bits per heavy atom. The van der Waals surface area contributed by atoms with E-state index >= 15 is 0 Å². The van der Waals surface area contributed by atoms with Crippen molar-refractivity contribution in [2.24, 2.45) is 0 Å². The maximum Gasteiger partial charge on any atom is 0.240 e. The van der Waals surface area contributed by atoms with Crippen LogP contribution in [0.3, 0.4) is 0 Å². The topological polar surface area (TPSA) is 90.7 Å². The molecule has 2 aromatic carbocycles. The highest BCUT2D eigenvalue weighted by Crippen LogP contribution is 2.30. The number of anilines is 1. The molecule has 8 heteroatoms. The lowest BCUT2D eigenvalue weighted by atomic mass is 10.1. The molecule has 3 N–H and O–H groups in total. The minimum atomic E-state index is -3.62. The third-order valence-corrected chi connectivity index (χ3v) is 4.97. The van der Waals surface area contributed by atoms with Gasteiger partial charge in [0.25, 0.3) is 0 Å². The molecule has 0 aliphatic rings. The minimum Gasteiger partial charge on any atom is -0.490 e. The normalized spacial score (nSPS) is 10.8. The van der Waals surface area contributed by atoms with Crippen molar-refractivity contribution < 1.29 is 17.9 Å². The highest BCUT2D eigenvalue weighted by molar-refractivity contribution is 7.89. The number of halogens is 1. The standard InChI is InChI=1S/C18H24N2O4S.ClH/c1-3-23-17-10-9-16(13-18(17)24-4-2)25(21,22)20-12-11-14-5-7-15(19)8-6-14;/h5-10,13,20H,3-4,11-12,19H2,1-2H3;1H. The summed E-state index contributed by atoms with van der Waals surface area (Å²) in [4.78, 5) is 0.150.